The lowest BCUT2D eigenvalue weighted by molar-refractivity contribution is 0.101. The predicted molar refractivity (Wildman–Crippen MR) is 95.5 cm³/mol. The molecule has 2 aromatic carbocycles. The van der Waals surface area contributed by atoms with Crippen LogP contribution in [0.25, 0.3) is 11.3 Å². The number of amides is 1. The molecule has 5 heteroatoms. The van der Waals surface area contributed by atoms with E-state index in [1.165, 1.54) is 5.56 Å². The molecule has 4 rings (SSSR count). The van der Waals surface area contributed by atoms with E-state index in [0.29, 0.717) is 5.69 Å². The number of rotatable bonds is 3. The van der Waals surface area contributed by atoms with Crippen molar-refractivity contribution in [3.05, 3.63) is 65.4 Å². The summed E-state index contributed by atoms with van der Waals surface area (Å²) in [4.78, 5) is 13.7. The largest absolute Gasteiger partial charge is 0.355 e. The van der Waals surface area contributed by atoms with Gasteiger partial charge in [0.2, 0.25) is 0 Å². The second-order valence-corrected chi connectivity index (χ2v) is 6.50. The zero-order valence-electron chi connectivity index (χ0n) is 13.2. The fourth-order valence-corrected chi connectivity index (χ4v) is 3.63. The van der Waals surface area contributed by atoms with E-state index in [4.69, 9.17) is 4.52 Å². The van der Waals surface area contributed by atoms with Crippen molar-refractivity contribution in [2.24, 2.45) is 0 Å². The number of para-hydroxylation sites is 1. The number of aromatic nitrogens is 1. The van der Waals surface area contributed by atoms with E-state index in [9.17, 15) is 4.79 Å². The lowest BCUT2D eigenvalue weighted by Crippen LogP contribution is -2.16. The van der Waals surface area contributed by atoms with Crippen LogP contribution in [0.2, 0.25) is 0 Å². The van der Waals surface area contributed by atoms with Gasteiger partial charge in [0.05, 0.1) is 5.69 Å². The van der Waals surface area contributed by atoms with E-state index in [1.807, 2.05) is 48.7 Å². The molecule has 1 heterocycles. The molecule has 4 nitrogen and oxygen atoms in total. The lowest BCUT2D eigenvalue weighted by Gasteiger charge is -2.14. The number of nitrogens with one attached hydrogen (secondary N) is 1. The molecule has 1 aromatic heterocycles. The average Bonchev–Trinajstić information content (AvgIpc) is 3.07. The van der Waals surface area contributed by atoms with Gasteiger partial charge in [0.25, 0.3) is 5.91 Å². The molecule has 1 aliphatic carbocycles. The Bertz CT molecular complexity index is 917. The fourth-order valence-electron chi connectivity index (χ4n) is 3.08. The predicted octanol–water partition coefficient (Wildman–Crippen LogP) is 4.41. The summed E-state index contributed by atoms with van der Waals surface area (Å²) in [5.41, 5.74) is 4.35. The second-order valence-electron chi connectivity index (χ2n) is 5.65. The molecule has 0 saturated carbocycles. The maximum Gasteiger partial charge on any atom is 0.278 e. The van der Waals surface area contributed by atoms with E-state index in [1.54, 1.807) is 11.8 Å². The third-order valence-corrected chi connectivity index (χ3v) is 5.06. The third-order valence-electron chi connectivity index (χ3n) is 4.26. The molecule has 1 aliphatic rings. The van der Waals surface area contributed by atoms with Crippen LogP contribution in [0.4, 0.5) is 5.69 Å². The number of nitrogens with zero attached hydrogens (tertiary/aromatic N) is 1. The number of aryl methyl sites for hydroxylation is 1. The highest BCUT2D eigenvalue weighted by Crippen LogP contribution is 2.35. The van der Waals surface area contributed by atoms with Gasteiger partial charge >= 0.3 is 0 Å². The highest BCUT2D eigenvalue weighted by molar-refractivity contribution is 7.98. The summed E-state index contributed by atoms with van der Waals surface area (Å²) in [7, 11) is 0. The quantitative estimate of drug-likeness (QED) is 0.720. The van der Waals surface area contributed by atoms with Crippen molar-refractivity contribution in [2.75, 3.05) is 11.6 Å². The first-order chi connectivity index (χ1) is 11.8. The van der Waals surface area contributed by atoms with Crippen molar-refractivity contribution in [1.82, 2.24) is 5.16 Å². The highest BCUT2D eigenvalue weighted by atomic mass is 32.2. The Kier molecular flexibility index (Phi) is 3.86. The number of hydrogen-bond acceptors (Lipinski definition) is 4. The van der Waals surface area contributed by atoms with E-state index >= 15 is 0 Å². The Morgan fingerprint density at radius 2 is 1.92 bits per heavy atom. The van der Waals surface area contributed by atoms with Crippen LogP contribution in [0.5, 0.6) is 0 Å². The maximum absolute atomic E-state index is 12.7. The molecular weight excluding hydrogens is 320 g/mol. The summed E-state index contributed by atoms with van der Waals surface area (Å²) in [5.74, 6) is 0.501. The van der Waals surface area contributed by atoms with Crippen LogP contribution in [0, 0.1) is 0 Å². The van der Waals surface area contributed by atoms with Crippen molar-refractivity contribution >= 4 is 23.4 Å². The molecule has 3 aromatic rings. The van der Waals surface area contributed by atoms with E-state index in [0.717, 1.165) is 40.3 Å². The first-order valence-corrected chi connectivity index (χ1v) is 9.01. The normalized spacial score (nSPS) is 12.4. The fraction of sp³-hybridized carbons (Fsp3) is 0.158. The van der Waals surface area contributed by atoms with E-state index in [-0.39, 0.29) is 5.91 Å². The first-order valence-electron chi connectivity index (χ1n) is 7.79. The number of anilines is 1. The molecule has 0 atom stereocenters. The van der Waals surface area contributed by atoms with Crippen LogP contribution in [-0.4, -0.2) is 17.3 Å². The minimum Gasteiger partial charge on any atom is -0.355 e. The Morgan fingerprint density at radius 1 is 1.12 bits per heavy atom. The first kappa shape index (κ1) is 15.0. The topological polar surface area (TPSA) is 55.1 Å². The number of carbonyl (C=O) groups excluding carboxylic acids is 1. The Labute approximate surface area is 144 Å². The van der Waals surface area contributed by atoms with Crippen LogP contribution < -0.4 is 5.32 Å². The molecule has 1 amide bonds. The number of carbonyl (C=O) groups is 1. The van der Waals surface area contributed by atoms with Crippen LogP contribution in [-0.2, 0) is 12.8 Å². The highest BCUT2D eigenvalue weighted by Gasteiger charge is 2.27. The zero-order valence-corrected chi connectivity index (χ0v) is 14.0. The standard InChI is InChI=1S/C19H16N2O2S/c1-24-16-9-5-4-8-15(16)20-19(22)17-14-11-10-12-6-2-3-7-13(12)18(14)23-21-17/h2-9H,10-11H2,1H3,(H,20,22). The summed E-state index contributed by atoms with van der Waals surface area (Å²) >= 11 is 1.60. The average molecular weight is 336 g/mol. The minimum atomic E-state index is -0.221. The smallest absolute Gasteiger partial charge is 0.278 e. The van der Waals surface area contributed by atoms with Gasteiger partial charge in [0, 0.05) is 16.0 Å². The maximum atomic E-state index is 12.7. The Morgan fingerprint density at radius 3 is 2.79 bits per heavy atom. The molecule has 0 spiro atoms. The molecule has 0 bridgehead atoms. The SMILES string of the molecule is CSc1ccccc1NC(=O)c1noc2c1CCc1ccccc1-2. The van der Waals surface area contributed by atoms with Crippen molar-refractivity contribution in [1.29, 1.82) is 0 Å². The van der Waals surface area contributed by atoms with Crippen LogP contribution >= 0.6 is 11.8 Å². The Balaban J connectivity index is 1.67. The van der Waals surface area contributed by atoms with Gasteiger partial charge in [0.15, 0.2) is 11.5 Å². The zero-order chi connectivity index (χ0) is 16.5. The van der Waals surface area contributed by atoms with Gasteiger partial charge in [-0.15, -0.1) is 11.8 Å². The van der Waals surface area contributed by atoms with Gasteiger partial charge in [0.1, 0.15) is 0 Å². The summed E-state index contributed by atoms with van der Waals surface area (Å²) in [6.45, 7) is 0. The minimum absolute atomic E-state index is 0.221. The molecule has 24 heavy (non-hydrogen) atoms. The number of thioether (sulfide) groups is 1. The molecule has 0 aliphatic heterocycles. The van der Waals surface area contributed by atoms with Crippen molar-refractivity contribution in [3.8, 4) is 11.3 Å². The van der Waals surface area contributed by atoms with Crippen LogP contribution in [0.1, 0.15) is 21.6 Å². The van der Waals surface area contributed by atoms with Crippen molar-refractivity contribution in [2.45, 2.75) is 17.7 Å². The third kappa shape index (κ3) is 2.51. The van der Waals surface area contributed by atoms with Crippen molar-refractivity contribution < 1.29 is 9.32 Å². The molecule has 1 N–H and O–H groups in total. The van der Waals surface area contributed by atoms with Gasteiger partial charge in [-0.25, -0.2) is 0 Å². The van der Waals surface area contributed by atoms with Gasteiger partial charge in [-0.3, -0.25) is 4.79 Å². The second kappa shape index (κ2) is 6.17. The molecule has 0 saturated heterocycles. The molecular formula is C19H16N2O2S. The van der Waals surface area contributed by atoms with Crippen molar-refractivity contribution in [3.63, 3.8) is 0 Å². The van der Waals surface area contributed by atoms with Gasteiger partial charge in [-0.2, -0.15) is 0 Å². The molecule has 0 fully saturated rings. The summed E-state index contributed by atoms with van der Waals surface area (Å²) in [5, 5.41) is 7.01. The summed E-state index contributed by atoms with van der Waals surface area (Å²) in [6, 6.07) is 15.8. The van der Waals surface area contributed by atoms with Gasteiger partial charge < -0.3 is 9.84 Å². The lowest BCUT2D eigenvalue weighted by atomic mass is 9.89. The number of benzene rings is 2. The molecule has 0 radical (unpaired) electrons. The van der Waals surface area contributed by atoms with Crippen LogP contribution in [0.3, 0.4) is 0 Å². The number of fused-ring (bicyclic) bond motifs is 3. The molecule has 120 valence electrons. The summed E-state index contributed by atoms with van der Waals surface area (Å²) < 4.78 is 5.51. The molecule has 0 unspecified atom stereocenters. The van der Waals surface area contributed by atoms with Crippen LogP contribution in [0.15, 0.2) is 57.9 Å². The van der Waals surface area contributed by atoms with Gasteiger partial charge in [-0.05, 0) is 36.8 Å². The Hall–Kier alpha value is -2.53. The van der Waals surface area contributed by atoms with Gasteiger partial charge in [-0.1, -0.05) is 41.6 Å². The summed E-state index contributed by atoms with van der Waals surface area (Å²) in [6.07, 6.45) is 3.65. The van der Waals surface area contributed by atoms with E-state index in [2.05, 4.69) is 16.5 Å². The number of hydrogen-bond donors (Lipinski definition) is 1. The van der Waals surface area contributed by atoms with E-state index < -0.39 is 0 Å². The monoisotopic (exact) mass is 336 g/mol.